The van der Waals surface area contributed by atoms with Crippen LogP contribution in [0.4, 0.5) is 5.69 Å². The van der Waals surface area contributed by atoms with Gasteiger partial charge in [-0.15, -0.1) is 0 Å². The Morgan fingerprint density at radius 3 is 2.55 bits per heavy atom. The molecule has 0 unspecified atom stereocenters. The van der Waals surface area contributed by atoms with E-state index in [1.165, 1.54) is 0 Å². The average Bonchev–Trinajstić information content (AvgIpc) is 2.44. The smallest absolute Gasteiger partial charge is 0.251 e. The van der Waals surface area contributed by atoms with Gasteiger partial charge < -0.3 is 5.32 Å². The molecule has 0 saturated heterocycles. The molecular weight excluding hydrogens is 270 g/mol. The largest absolute Gasteiger partial charge is 0.322 e. The van der Waals surface area contributed by atoms with Crippen LogP contribution in [0.5, 0.6) is 0 Å². The summed E-state index contributed by atoms with van der Waals surface area (Å²) in [6, 6.07) is 15.2. The SMILES string of the molecule is CC(=Cc1ccccc1)C(=O)Nc1cc(Cl)ccc1C. The zero-order valence-corrected chi connectivity index (χ0v) is 12.2. The van der Waals surface area contributed by atoms with Crippen LogP contribution in [0.25, 0.3) is 6.08 Å². The number of aryl methyl sites for hydroxylation is 1. The minimum Gasteiger partial charge on any atom is -0.322 e. The van der Waals surface area contributed by atoms with Crippen molar-refractivity contribution in [2.75, 3.05) is 5.32 Å². The number of carbonyl (C=O) groups is 1. The summed E-state index contributed by atoms with van der Waals surface area (Å²) in [5, 5.41) is 3.49. The number of hydrogen-bond donors (Lipinski definition) is 1. The number of hydrogen-bond acceptors (Lipinski definition) is 1. The van der Waals surface area contributed by atoms with E-state index in [-0.39, 0.29) is 5.91 Å². The molecule has 0 aliphatic carbocycles. The van der Waals surface area contributed by atoms with Gasteiger partial charge in [0, 0.05) is 16.3 Å². The van der Waals surface area contributed by atoms with Crippen molar-refractivity contribution in [1.29, 1.82) is 0 Å². The Hall–Kier alpha value is -2.06. The van der Waals surface area contributed by atoms with Crippen molar-refractivity contribution in [3.8, 4) is 0 Å². The molecule has 0 aliphatic heterocycles. The van der Waals surface area contributed by atoms with Gasteiger partial charge >= 0.3 is 0 Å². The van der Waals surface area contributed by atoms with Crippen molar-refractivity contribution in [2.45, 2.75) is 13.8 Å². The van der Waals surface area contributed by atoms with Gasteiger partial charge in [-0.2, -0.15) is 0 Å². The number of nitrogens with one attached hydrogen (secondary N) is 1. The lowest BCUT2D eigenvalue weighted by Crippen LogP contribution is -2.13. The zero-order valence-electron chi connectivity index (χ0n) is 11.5. The Bertz CT molecular complexity index is 647. The summed E-state index contributed by atoms with van der Waals surface area (Å²) in [5.41, 5.74) is 3.37. The molecule has 2 rings (SSSR count). The molecule has 2 aromatic carbocycles. The predicted octanol–water partition coefficient (Wildman–Crippen LogP) is 4.69. The molecular formula is C17H16ClNO. The molecule has 2 nitrogen and oxygen atoms in total. The van der Waals surface area contributed by atoms with Crippen molar-refractivity contribution in [3.63, 3.8) is 0 Å². The lowest BCUT2D eigenvalue weighted by molar-refractivity contribution is -0.112. The molecule has 0 atom stereocenters. The Kier molecular flexibility index (Phi) is 4.59. The maximum atomic E-state index is 12.2. The molecule has 0 spiro atoms. The maximum absolute atomic E-state index is 12.2. The van der Waals surface area contributed by atoms with Crippen LogP contribution >= 0.6 is 11.6 Å². The molecule has 20 heavy (non-hydrogen) atoms. The first kappa shape index (κ1) is 14.4. The van der Waals surface area contributed by atoms with Crippen LogP contribution in [-0.2, 0) is 4.79 Å². The van der Waals surface area contributed by atoms with E-state index in [2.05, 4.69) is 5.32 Å². The molecule has 0 aromatic heterocycles. The summed E-state index contributed by atoms with van der Waals surface area (Å²) in [6.07, 6.45) is 1.86. The summed E-state index contributed by atoms with van der Waals surface area (Å²) in [6.45, 7) is 3.73. The van der Waals surface area contributed by atoms with Gasteiger partial charge in [0.1, 0.15) is 0 Å². The van der Waals surface area contributed by atoms with Gasteiger partial charge in [-0.05, 0) is 43.2 Å². The van der Waals surface area contributed by atoms with E-state index in [1.54, 1.807) is 19.1 Å². The lowest BCUT2D eigenvalue weighted by Gasteiger charge is -2.09. The fourth-order valence-electron chi connectivity index (χ4n) is 1.81. The Balaban J connectivity index is 2.16. The number of halogens is 1. The van der Waals surface area contributed by atoms with Crippen LogP contribution in [0, 0.1) is 6.92 Å². The van der Waals surface area contributed by atoms with E-state index in [0.717, 1.165) is 16.8 Å². The van der Waals surface area contributed by atoms with Crippen molar-refractivity contribution in [1.82, 2.24) is 0 Å². The number of benzene rings is 2. The first-order chi connectivity index (χ1) is 9.56. The second kappa shape index (κ2) is 6.40. The number of rotatable bonds is 3. The van der Waals surface area contributed by atoms with Gasteiger partial charge in [0.25, 0.3) is 5.91 Å². The highest BCUT2D eigenvalue weighted by atomic mass is 35.5. The summed E-state index contributed by atoms with van der Waals surface area (Å²) >= 11 is 5.94. The average molecular weight is 286 g/mol. The second-order valence-corrected chi connectivity index (χ2v) is 5.09. The third-order valence-electron chi connectivity index (χ3n) is 2.99. The monoisotopic (exact) mass is 285 g/mol. The van der Waals surface area contributed by atoms with Gasteiger partial charge in [-0.3, -0.25) is 4.79 Å². The van der Waals surface area contributed by atoms with Crippen molar-refractivity contribution < 1.29 is 4.79 Å². The predicted molar refractivity (Wildman–Crippen MR) is 84.9 cm³/mol. The highest BCUT2D eigenvalue weighted by molar-refractivity contribution is 6.31. The molecule has 0 radical (unpaired) electrons. The van der Waals surface area contributed by atoms with Gasteiger partial charge in [0.05, 0.1) is 0 Å². The van der Waals surface area contributed by atoms with Crippen LogP contribution in [0.15, 0.2) is 54.1 Å². The van der Waals surface area contributed by atoms with Crippen LogP contribution in [0.2, 0.25) is 5.02 Å². The minimum absolute atomic E-state index is 0.126. The zero-order chi connectivity index (χ0) is 14.5. The van der Waals surface area contributed by atoms with E-state index in [9.17, 15) is 4.79 Å². The second-order valence-electron chi connectivity index (χ2n) is 4.65. The first-order valence-corrected chi connectivity index (χ1v) is 6.75. The standard InChI is InChI=1S/C17H16ClNO/c1-12-8-9-15(18)11-16(12)19-17(20)13(2)10-14-6-4-3-5-7-14/h3-11H,1-2H3,(H,19,20). The normalized spacial score (nSPS) is 11.2. The third kappa shape index (κ3) is 3.72. The van der Waals surface area contributed by atoms with Crippen LogP contribution < -0.4 is 5.32 Å². The van der Waals surface area contributed by atoms with Gasteiger partial charge in [0.15, 0.2) is 0 Å². The molecule has 1 amide bonds. The molecule has 0 fully saturated rings. The molecule has 0 heterocycles. The van der Waals surface area contributed by atoms with Gasteiger partial charge in [0.2, 0.25) is 0 Å². The molecule has 3 heteroatoms. The number of amides is 1. The van der Waals surface area contributed by atoms with E-state index in [1.807, 2.05) is 49.4 Å². The van der Waals surface area contributed by atoms with Crippen LogP contribution in [-0.4, -0.2) is 5.91 Å². The Morgan fingerprint density at radius 1 is 1.15 bits per heavy atom. The maximum Gasteiger partial charge on any atom is 0.251 e. The third-order valence-corrected chi connectivity index (χ3v) is 3.22. The molecule has 2 aromatic rings. The molecule has 102 valence electrons. The highest BCUT2D eigenvalue weighted by Crippen LogP contribution is 2.21. The Morgan fingerprint density at radius 2 is 1.85 bits per heavy atom. The van der Waals surface area contributed by atoms with E-state index >= 15 is 0 Å². The van der Waals surface area contributed by atoms with E-state index in [4.69, 9.17) is 11.6 Å². The Labute approximate surface area is 124 Å². The highest BCUT2D eigenvalue weighted by Gasteiger charge is 2.07. The first-order valence-electron chi connectivity index (χ1n) is 6.37. The van der Waals surface area contributed by atoms with Gasteiger partial charge in [-0.25, -0.2) is 0 Å². The van der Waals surface area contributed by atoms with Crippen molar-refractivity contribution in [2.24, 2.45) is 0 Å². The van der Waals surface area contributed by atoms with Crippen molar-refractivity contribution >= 4 is 29.3 Å². The lowest BCUT2D eigenvalue weighted by atomic mass is 10.1. The quantitative estimate of drug-likeness (QED) is 0.814. The topological polar surface area (TPSA) is 29.1 Å². The van der Waals surface area contributed by atoms with E-state index in [0.29, 0.717) is 10.6 Å². The summed E-state index contributed by atoms with van der Waals surface area (Å²) in [4.78, 5) is 12.2. The summed E-state index contributed by atoms with van der Waals surface area (Å²) in [7, 11) is 0. The number of anilines is 1. The van der Waals surface area contributed by atoms with Crippen LogP contribution in [0.3, 0.4) is 0 Å². The molecule has 0 aliphatic rings. The van der Waals surface area contributed by atoms with E-state index < -0.39 is 0 Å². The summed E-state index contributed by atoms with van der Waals surface area (Å²) < 4.78 is 0. The van der Waals surface area contributed by atoms with Gasteiger partial charge in [-0.1, -0.05) is 48.0 Å². The summed E-state index contributed by atoms with van der Waals surface area (Å²) in [5.74, 6) is -0.126. The minimum atomic E-state index is -0.126. The molecule has 1 N–H and O–H groups in total. The molecule has 0 saturated carbocycles. The fraction of sp³-hybridized carbons (Fsp3) is 0.118. The van der Waals surface area contributed by atoms with Crippen molar-refractivity contribution in [3.05, 3.63) is 70.3 Å². The fourth-order valence-corrected chi connectivity index (χ4v) is 1.99. The van der Waals surface area contributed by atoms with Crippen LogP contribution in [0.1, 0.15) is 18.1 Å². The molecule has 0 bridgehead atoms. The number of carbonyl (C=O) groups excluding carboxylic acids is 1.